The number of aromatic nitrogens is 2. The number of anilines is 1. The van der Waals surface area contributed by atoms with Gasteiger partial charge in [0.15, 0.2) is 0 Å². The molecule has 0 radical (unpaired) electrons. The van der Waals surface area contributed by atoms with Crippen LogP contribution in [0.3, 0.4) is 0 Å². The molecule has 0 atom stereocenters. The Hall–Kier alpha value is -3.65. The molecule has 152 valence electrons. The molecule has 0 saturated carbocycles. The van der Waals surface area contributed by atoms with Crippen molar-refractivity contribution in [1.29, 1.82) is 0 Å². The minimum absolute atomic E-state index is 0.0722. The third-order valence-corrected chi connectivity index (χ3v) is 5.81. The van der Waals surface area contributed by atoms with Gasteiger partial charge in [0, 0.05) is 11.1 Å². The summed E-state index contributed by atoms with van der Waals surface area (Å²) in [6.07, 6.45) is 0. The molecule has 0 fully saturated rings. The number of nitrogens with zero attached hydrogens (tertiary/aromatic N) is 2. The van der Waals surface area contributed by atoms with E-state index in [9.17, 15) is 8.42 Å². The number of aryl methyl sites for hydroxylation is 1. The van der Waals surface area contributed by atoms with Gasteiger partial charge in [0.1, 0.15) is 5.75 Å². The molecule has 0 aliphatic rings. The van der Waals surface area contributed by atoms with Crippen molar-refractivity contribution < 1.29 is 17.7 Å². The third kappa shape index (κ3) is 4.04. The van der Waals surface area contributed by atoms with Gasteiger partial charge in [-0.25, -0.2) is 8.42 Å². The van der Waals surface area contributed by atoms with Crippen molar-refractivity contribution in [3.63, 3.8) is 0 Å². The predicted molar refractivity (Wildman–Crippen MR) is 114 cm³/mol. The second-order valence-corrected chi connectivity index (χ2v) is 8.31. The number of hydrogen-bond donors (Lipinski definition) is 1. The average molecular weight is 421 g/mol. The van der Waals surface area contributed by atoms with Crippen LogP contribution < -0.4 is 9.46 Å². The molecule has 1 heterocycles. The highest BCUT2D eigenvalue weighted by Crippen LogP contribution is 2.29. The zero-order valence-corrected chi connectivity index (χ0v) is 17.2. The summed E-state index contributed by atoms with van der Waals surface area (Å²) >= 11 is 0. The maximum absolute atomic E-state index is 13.0. The van der Waals surface area contributed by atoms with E-state index in [1.165, 1.54) is 19.2 Å². The van der Waals surface area contributed by atoms with Gasteiger partial charge in [0.2, 0.25) is 5.82 Å². The number of methoxy groups -OCH3 is 1. The van der Waals surface area contributed by atoms with Crippen LogP contribution in [0.1, 0.15) is 5.56 Å². The standard InChI is InChI=1S/C22H19N3O4S/c1-15-11-12-20(28-2)19(13-15)25-30(26,27)18-10-6-9-17(14-18)22-23-21(24-29-22)16-7-4-3-5-8-16/h3-14,25H,1-2H3. The highest BCUT2D eigenvalue weighted by Gasteiger charge is 2.19. The fourth-order valence-corrected chi connectivity index (χ4v) is 4.05. The first-order valence-corrected chi connectivity index (χ1v) is 10.6. The molecular formula is C22H19N3O4S. The highest BCUT2D eigenvalue weighted by atomic mass is 32.2. The molecule has 0 amide bonds. The van der Waals surface area contributed by atoms with Gasteiger partial charge in [0.25, 0.3) is 15.9 Å². The van der Waals surface area contributed by atoms with Crippen LogP contribution in [-0.4, -0.2) is 25.7 Å². The van der Waals surface area contributed by atoms with Crippen LogP contribution in [0.2, 0.25) is 0 Å². The van der Waals surface area contributed by atoms with Crippen molar-refractivity contribution in [2.45, 2.75) is 11.8 Å². The van der Waals surface area contributed by atoms with E-state index in [1.807, 2.05) is 43.3 Å². The van der Waals surface area contributed by atoms with Crippen LogP contribution >= 0.6 is 0 Å². The highest BCUT2D eigenvalue weighted by molar-refractivity contribution is 7.92. The second kappa shape index (κ2) is 8.00. The van der Waals surface area contributed by atoms with Crippen LogP contribution in [0.5, 0.6) is 5.75 Å². The number of nitrogens with one attached hydrogen (secondary N) is 1. The van der Waals surface area contributed by atoms with Gasteiger partial charge >= 0.3 is 0 Å². The zero-order chi connectivity index (χ0) is 21.1. The van der Waals surface area contributed by atoms with Crippen molar-refractivity contribution in [3.05, 3.63) is 78.4 Å². The normalized spacial score (nSPS) is 11.3. The van der Waals surface area contributed by atoms with E-state index in [-0.39, 0.29) is 10.8 Å². The summed E-state index contributed by atoms with van der Waals surface area (Å²) in [5.74, 6) is 1.10. The first kappa shape index (κ1) is 19.7. The molecule has 4 rings (SSSR count). The Bertz CT molecular complexity index is 1280. The molecule has 0 aliphatic carbocycles. The van der Waals surface area contributed by atoms with E-state index in [0.29, 0.717) is 22.8 Å². The molecule has 0 bridgehead atoms. The summed E-state index contributed by atoms with van der Waals surface area (Å²) < 4.78 is 39.1. The van der Waals surface area contributed by atoms with E-state index in [0.717, 1.165) is 11.1 Å². The first-order valence-electron chi connectivity index (χ1n) is 9.13. The summed E-state index contributed by atoms with van der Waals surface area (Å²) in [5, 5.41) is 3.99. The lowest BCUT2D eigenvalue weighted by molar-refractivity contribution is 0.417. The van der Waals surface area contributed by atoms with Gasteiger partial charge in [0.05, 0.1) is 17.7 Å². The van der Waals surface area contributed by atoms with E-state index >= 15 is 0 Å². The Balaban J connectivity index is 1.65. The quantitative estimate of drug-likeness (QED) is 0.492. The van der Waals surface area contributed by atoms with Crippen LogP contribution in [0.25, 0.3) is 22.8 Å². The molecule has 30 heavy (non-hydrogen) atoms. The van der Waals surface area contributed by atoms with E-state index in [2.05, 4.69) is 14.9 Å². The Morgan fingerprint density at radius 2 is 1.70 bits per heavy atom. The second-order valence-electron chi connectivity index (χ2n) is 6.63. The summed E-state index contributed by atoms with van der Waals surface area (Å²) in [6.45, 7) is 1.87. The lowest BCUT2D eigenvalue weighted by Crippen LogP contribution is -2.13. The minimum Gasteiger partial charge on any atom is -0.495 e. The Labute approximate surface area is 174 Å². The molecule has 0 spiro atoms. The van der Waals surface area contributed by atoms with Gasteiger partial charge in [-0.3, -0.25) is 4.72 Å². The average Bonchev–Trinajstić information content (AvgIpc) is 3.25. The molecule has 1 aromatic heterocycles. The van der Waals surface area contributed by atoms with E-state index in [4.69, 9.17) is 9.26 Å². The molecule has 3 aromatic carbocycles. The SMILES string of the molecule is COc1ccc(C)cc1NS(=O)(=O)c1cccc(-c2nc(-c3ccccc3)no2)c1. The maximum Gasteiger partial charge on any atom is 0.262 e. The molecule has 8 heteroatoms. The molecule has 0 unspecified atom stereocenters. The van der Waals surface area contributed by atoms with Gasteiger partial charge in [-0.1, -0.05) is 47.6 Å². The third-order valence-electron chi connectivity index (χ3n) is 4.45. The number of sulfonamides is 1. The largest absolute Gasteiger partial charge is 0.495 e. The smallest absolute Gasteiger partial charge is 0.262 e. The van der Waals surface area contributed by atoms with Crippen molar-refractivity contribution in [2.75, 3.05) is 11.8 Å². The fraction of sp³-hybridized carbons (Fsp3) is 0.0909. The Morgan fingerprint density at radius 3 is 2.47 bits per heavy atom. The number of ether oxygens (including phenoxy) is 1. The molecule has 0 saturated heterocycles. The lowest BCUT2D eigenvalue weighted by Gasteiger charge is -2.13. The first-order chi connectivity index (χ1) is 14.5. The molecule has 1 N–H and O–H groups in total. The number of rotatable bonds is 6. The van der Waals surface area contributed by atoms with Crippen molar-refractivity contribution in [1.82, 2.24) is 10.1 Å². The summed E-state index contributed by atoms with van der Waals surface area (Å²) in [7, 11) is -2.37. The lowest BCUT2D eigenvalue weighted by atomic mass is 10.2. The number of hydrogen-bond acceptors (Lipinski definition) is 6. The summed E-state index contributed by atoms with van der Waals surface area (Å²) in [5.41, 5.74) is 2.59. The molecule has 0 aliphatic heterocycles. The van der Waals surface area contributed by atoms with Gasteiger partial charge in [-0.05, 0) is 42.8 Å². The van der Waals surface area contributed by atoms with Crippen LogP contribution in [0.15, 0.2) is 82.2 Å². The van der Waals surface area contributed by atoms with Crippen molar-refractivity contribution in [3.8, 4) is 28.6 Å². The Morgan fingerprint density at radius 1 is 0.933 bits per heavy atom. The van der Waals surface area contributed by atoms with Gasteiger partial charge < -0.3 is 9.26 Å². The van der Waals surface area contributed by atoms with E-state index in [1.54, 1.807) is 24.3 Å². The number of benzene rings is 3. The van der Waals surface area contributed by atoms with Crippen molar-refractivity contribution >= 4 is 15.7 Å². The van der Waals surface area contributed by atoms with Crippen LogP contribution in [0, 0.1) is 6.92 Å². The van der Waals surface area contributed by atoms with Crippen molar-refractivity contribution in [2.24, 2.45) is 0 Å². The maximum atomic E-state index is 13.0. The zero-order valence-electron chi connectivity index (χ0n) is 16.4. The molecular weight excluding hydrogens is 402 g/mol. The Kier molecular flexibility index (Phi) is 5.24. The van der Waals surface area contributed by atoms with Gasteiger partial charge in [-0.15, -0.1) is 0 Å². The monoisotopic (exact) mass is 421 g/mol. The van der Waals surface area contributed by atoms with E-state index < -0.39 is 10.0 Å². The summed E-state index contributed by atoms with van der Waals surface area (Å²) in [4.78, 5) is 4.46. The molecule has 7 nitrogen and oxygen atoms in total. The predicted octanol–water partition coefficient (Wildman–Crippen LogP) is 4.52. The topological polar surface area (TPSA) is 94.3 Å². The minimum atomic E-state index is -3.86. The van der Waals surface area contributed by atoms with Gasteiger partial charge in [-0.2, -0.15) is 4.98 Å². The molecule has 4 aromatic rings. The van der Waals surface area contributed by atoms with Crippen LogP contribution in [0.4, 0.5) is 5.69 Å². The summed E-state index contributed by atoms with van der Waals surface area (Å²) in [6, 6.07) is 21.0. The fourth-order valence-electron chi connectivity index (χ4n) is 2.95. The van der Waals surface area contributed by atoms with Crippen LogP contribution in [-0.2, 0) is 10.0 Å².